The SMILES string of the molecule is CCOCC(C)Nc1c(C)nn(C(C)C)c1C. The molecule has 1 heterocycles. The number of nitrogens with one attached hydrogen (secondary N) is 1. The van der Waals surface area contributed by atoms with Gasteiger partial charge < -0.3 is 10.1 Å². The van der Waals surface area contributed by atoms with Crippen molar-refractivity contribution in [2.45, 2.75) is 53.6 Å². The van der Waals surface area contributed by atoms with Crippen molar-refractivity contribution in [1.29, 1.82) is 0 Å². The molecule has 1 rings (SSSR count). The van der Waals surface area contributed by atoms with Gasteiger partial charge in [0, 0.05) is 18.7 Å². The third-order valence-electron chi connectivity index (χ3n) is 2.78. The van der Waals surface area contributed by atoms with Crippen LogP contribution in [-0.4, -0.2) is 29.0 Å². The number of aromatic nitrogens is 2. The molecule has 1 N–H and O–H groups in total. The van der Waals surface area contributed by atoms with Crippen LogP contribution in [-0.2, 0) is 4.74 Å². The van der Waals surface area contributed by atoms with Crippen molar-refractivity contribution in [3.63, 3.8) is 0 Å². The van der Waals surface area contributed by atoms with Crippen molar-refractivity contribution >= 4 is 5.69 Å². The van der Waals surface area contributed by atoms with E-state index in [9.17, 15) is 0 Å². The Hall–Kier alpha value is -1.03. The maximum absolute atomic E-state index is 5.41. The first kappa shape index (κ1) is 14.0. The quantitative estimate of drug-likeness (QED) is 0.829. The zero-order valence-electron chi connectivity index (χ0n) is 11.9. The summed E-state index contributed by atoms with van der Waals surface area (Å²) in [6.45, 7) is 14.1. The third kappa shape index (κ3) is 3.46. The zero-order chi connectivity index (χ0) is 13.0. The van der Waals surface area contributed by atoms with Crippen molar-refractivity contribution in [2.24, 2.45) is 0 Å². The van der Waals surface area contributed by atoms with Gasteiger partial charge in [-0.2, -0.15) is 5.10 Å². The van der Waals surface area contributed by atoms with Gasteiger partial charge in [-0.3, -0.25) is 4.68 Å². The average molecular weight is 239 g/mol. The molecular formula is C13H25N3O. The van der Waals surface area contributed by atoms with Crippen molar-refractivity contribution in [3.05, 3.63) is 11.4 Å². The maximum atomic E-state index is 5.41. The molecular weight excluding hydrogens is 214 g/mol. The second kappa shape index (κ2) is 6.05. The molecule has 0 spiro atoms. The van der Waals surface area contributed by atoms with Gasteiger partial charge in [-0.25, -0.2) is 0 Å². The highest BCUT2D eigenvalue weighted by atomic mass is 16.5. The second-order valence-electron chi connectivity index (χ2n) is 4.79. The molecule has 98 valence electrons. The minimum atomic E-state index is 0.303. The van der Waals surface area contributed by atoms with Gasteiger partial charge in [0.25, 0.3) is 0 Å². The Bertz CT molecular complexity index is 358. The van der Waals surface area contributed by atoms with Crippen LogP contribution in [0.15, 0.2) is 0 Å². The number of nitrogens with zero attached hydrogens (tertiary/aromatic N) is 2. The standard InChI is InChI=1S/C13H25N3O/c1-7-17-8-10(4)14-13-11(5)15-16(9(2)3)12(13)6/h9-10,14H,7-8H2,1-6H3. The van der Waals surface area contributed by atoms with E-state index in [4.69, 9.17) is 4.74 Å². The molecule has 0 aliphatic rings. The molecule has 0 bridgehead atoms. The summed E-state index contributed by atoms with van der Waals surface area (Å²) in [5.41, 5.74) is 3.39. The van der Waals surface area contributed by atoms with Gasteiger partial charge in [-0.05, 0) is 41.5 Å². The molecule has 1 aromatic rings. The lowest BCUT2D eigenvalue weighted by Gasteiger charge is -2.16. The lowest BCUT2D eigenvalue weighted by Crippen LogP contribution is -2.22. The molecule has 4 heteroatoms. The predicted octanol–water partition coefficient (Wildman–Crippen LogP) is 2.92. The Labute approximate surface area is 104 Å². The van der Waals surface area contributed by atoms with Gasteiger partial charge >= 0.3 is 0 Å². The van der Waals surface area contributed by atoms with Crippen molar-refractivity contribution in [1.82, 2.24) is 9.78 Å². The Balaban J connectivity index is 2.77. The predicted molar refractivity (Wildman–Crippen MR) is 71.7 cm³/mol. The molecule has 1 aromatic heterocycles. The lowest BCUT2D eigenvalue weighted by atomic mass is 10.2. The molecule has 0 amide bonds. The van der Waals surface area contributed by atoms with Gasteiger partial charge in [0.1, 0.15) is 0 Å². The monoisotopic (exact) mass is 239 g/mol. The van der Waals surface area contributed by atoms with Crippen LogP contribution >= 0.6 is 0 Å². The summed E-state index contributed by atoms with van der Waals surface area (Å²) in [4.78, 5) is 0. The van der Waals surface area contributed by atoms with Crippen molar-refractivity contribution in [3.8, 4) is 0 Å². The van der Waals surface area contributed by atoms with E-state index >= 15 is 0 Å². The maximum Gasteiger partial charge on any atom is 0.0828 e. The summed E-state index contributed by atoms with van der Waals surface area (Å²) in [6.07, 6.45) is 0. The number of ether oxygens (including phenoxy) is 1. The summed E-state index contributed by atoms with van der Waals surface area (Å²) >= 11 is 0. The molecule has 0 saturated carbocycles. The van der Waals surface area contributed by atoms with Crippen molar-refractivity contribution < 1.29 is 4.74 Å². The highest BCUT2D eigenvalue weighted by Gasteiger charge is 2.14. The van der Waals surface area contributed by atoms with Crippen LogP contribution in [0.1, 0.15) is 45.1 Å². The fourth-order valence-electron chi connectivity index (χ4n) is 1.96. The minimum absolute atomic E-state index is 0.303. The highest BCUT2D eigenvalue weighted by molar-refractivity contribution is 5.52. The number of hydrogen-bond acceptors (Lipinski definition) is 3. The number of anilines is 1. The molecule has 0 fully saturated rings. The van der Waals surface area contributed by atoms with E-state index in [1.807, 2.05) is 13.8 Å². The van der Waals surface area contributed by atoms with Gasteiger partial charge in [0.2, 0.25) is 0 Å². The Kier molecular flexibility index (Phi) is 5.00. The van der Waals surface area contributed by atoms with Gasteiger partial charge in [-0.15, -0.1) is 0 Å². The lowest BCUT2D eigenvalue weighted by molar-refractivity contribution is 0.141. The first-order valence-corrected chi connectivity index (χ1v) is 6.37. The van der Waals surface area contributed by atoms with Gasteiger partial charge in [0.15, 0.2) is 0 Å². The third-order valence-corrected chi connectivity index (χ3v) is 2.78. The van der Waals surface area contributed by atoms with Crippen LogP contribution < -0.4 is 5.32 Å². The number of aryl methyl sites for hydroxylation is 1. The molecule has 0 aliphatic carbocycles. The molecule has 0 radical (unpaired) electrons. The molecule has 1 unspecified atom stereocenters. The summed E-state index contributed by atoms with van der Waals surface area (Å²) in [7, 11) is 0. The molecule has 4 nitrogen and oxygen atoms in total. The fourth-order valence-corrected chi connectivity index (χ4v) is 1.96. The van der Waals surface area contributed by atoms with E-state index in [0.717, 1.165) is 24.6 Å². The topological polar surface area (TPSA) is 39.1 Å². The number of rotatable bonds is 6. The Morgan fingerprint density at radius 1 is 1.29 bits per heavy atom. The van der Waals surface area contributed by atoms with E-state index in [1.54, 1.807) is 0 Å². The smallest absolute Gasteiger partial charge is 0.0828 e. The first-order valence-electron chi connectivity index (χ1n) is 6.37. The highest BCUT2D eigenvalue weighted by Crippen LogP contribution is 2.23. The Morgan fingerprint density at radius 3 is 2.41 bits per heavy atom. The van der Waals surface area contributed by atoms with E-state index in [2.05, 4.69) is 42.8 Å². The van der Waals surface area contributed by atoms with Crippen LogP contribution in [0.2, 0.25) is 0 Å². The molecule has 17 heavy (non-hydrogen) atoms. The van der Waals surface area contributed by atoms with E-state index in [0.29, 0.717) is 12.1 Å². The number of hydrogen-bond donors (Lipinski definition) is 1. The largest absolute Gasteiger partial charge is 0.380 e. The average Bonchev–Trinajstić information content (AvgIpc) is 2.54. The van der Waals surface area contributed by atoms with Crippen LogP contribution in [0, 0.1) is 13.8 Å². The molecule has 0 saturated heterocycles. The summed E-state index contributed by atoms with van der Waals surface area (Å²) < 4.78 is 7.47. The molecule has 1 atom stereocenters. The molecule has 0 aliphatic heterocycles. The van der Waals surface area contributed by atoms with Crippen LogP contribution in [0.5, 0.6) is 0 Å². The van der Waals surface area contributed by atoms with Gasteiger partial charge in [0.05, 0.1) is 23.7 Å². The summed E-state index contributed by atoms with van der Waals surface area (Å²) in [6, 6.07) is 0.698. The normalized spacial score (nSPS) is 13.1. The van der Waals surface area contributed by atoms with E-state index in [-0.39, 0.29) is 0 Å². The van der Waals surface area contributed by atoms with Gasteiger partial charge in [-0.1, -0.05) is 0 Å². The van der Waals surface area contributed by atoms with E-state index < -0.39 is 0 Å². The van der Waals surface area contributed by atoms with Crippen molar-refractivity contribution in [2.75, 3.05) is 18.5 Å². The summed E-state index contributed by atoms with van der Waals surface area (Å²) in [5, 5.41) is 8.04. The second-order valence-corrected chi connectivity index (χ2v) is 4.79. The van der Waals surface area contributed by atoms with E-state index in [1.165, 1.54) is 5.69 Å². The zero-order valence-corrected chi connectivity index (χ0v) is 11.9. The molecule has 0 aromatic carbocycles. The fraction of sp³-hybridized carbons (Fsp3) is 0.769. The first-order chi connectivity index (χ1) is 7.97. The van der Waals surface area contributed by atoms with Crippen LogP contribution in [0.25, 0.3) is 0 Å². The Morgan fingerprint density at radius 2 is 1.94 bits per heavy atom. The van der Waals surface area contributed by atoms with Crippen LogP contribution in [0.3, 0.4) is 0 Å². The van der Waals surface area contributed by atoms with Crippen LogP contribution in [0.4, 0.5) is 5.69 Å². The summed E-state index contributed by atoms with van der Waals surface area (Å²) in [5.74, 6) is 0. The minimum Gasteiger partial charge on any atom is -0.380 e.